The molecule has 0 radical (unpaired) electrons. The summed E-state index contributed by atoms with van der Waals surface area (Å²) >= 11 is 0. The Balaban J connectivity index is 1.19. The van der Waals surface area contributed by atoms with E-state index in [-0.39, 0.29) is 11.5 Å². The number of rotatable bonds is 4. The van der Waals surface area contributed by atoms with Crippen molar-refractivity contribution in [2.45, 2.75) is 32.2 Å². The van der Waals surface area contributed by atoms with Crippen LogP contribution < -0.4 is 4.90 Å². The Hall–Kier alpha value is -3.25. The summed E-state index contributed by atoms with van der Waals surface area (Å²) in [6.07, 6.45) is 8.35. The number of carbonyl (C=O) groups excluding carboxylic acids is 1. The minimum absolute atomic E-state index is 0.168. The van der Waals surface area contributed by atoms with Crippen molar-refractivity contribution in [3.63, 3.8) is 0 Å². The Bertz CT molecular complexity index is 1040. The standard InChI is InChI=1S/C24H29N7O2/c1-2-33-23(32)31-16-24(17-31)6-5-19(12-24)29-8-10-30(11-9-29)22-20(4-3-7-26-22)21-15-27-18(13-25)14-28-21/h3-4,7,14-15,19H,2,5-6,8-12,16-17H2,1H3. The van der Waals surface area contributed by atoms with Crippen molar-refractivity contribution in [1.29, 1.82) is 5.26 Å². The van der Waals surface area contributed by atoms with Crippen molar-refractivity contribution in [2.75, 3.05) is 50.8 Å². The van der Waals surface area contributed by atoms with E-state index in [2.05, 4.69) is 24.8 Å². The van der Waals surface area contributed by atoms with Gasteiger partial charge in [-0.25, -0.2) is 14.8 Å². The molecule has 1 saturated carbocycles. The SMILES string of the molecule is CCOC(=O)N1CC2(CCC(N3CCN(c4ncccc4-c4cnc(C#N)cn4)CC3)C2)C1. The molecular formula is C24H29N7O2. The molecule has 33 heavy (non-hydrogen) atoms. The number of anilines is 1. The molecule has 172 valence electrons. The molecule has 0 aromatic carbocycles. The quantitative estimate of drug-likeness (QED) is 0.705. The van der Waals surface area contributed by atoms with Gasteiger partial charge < -0.3 is 14.5 Å². The van der Waals surface area contributed by atoms with Gasteiger partial charge in [0.05, 0.1) is 24.7 Å². The van der Waals surface area contributed by atoms with E-state index in [4.69, 9.17) is 10.00 Å². The molecule has 3 aliphatic rings. The predicted octanol–water partition coefficient (Wildman–Crippen LogP) is 2.54. The number of nitrogens with zero attached hydrogens (tertiary/aromatic N) is 7. The third-order valence-corrected chi connectivity index (χ3v) is 7.21. The van der Waals surface area contributed by atoms with Crippen molar-refractivity contribution < 1.29 is 9.53 Å². The summed E-state index contributed by atoms with van der Waals surface area (Å²) in [5.74, 6) is 0.920. The summed E-state index contributed by atoms with van der Waals surface area (Å²) in [7, 11) is 0. The average molecular weight is 448 g/mol. The molecule has 0 N–H and O–H groups in total. The van der Waals surface area contributed by atoms with Gasteiger partial charge in [-0.1, -0.05) is 0 Å². The number of likely N-dealkylation sites (tertiary alicyclic amines) is 1. The zero-order valence-corrected chi connectivity index (χ0v) is 19.0. The average Bonchev–Trinajstić information content (AvgIpc) is 3.30. The maximum absolute atomic E-state index is 11.9. The minimum Gasteiger partial charge on any atom is -0.450 e. The normalized spacial score (nSPS) is 22.1. The molecule has 2 saturated heterocycles. The molecule has 1 spiro atoms. The first kappa shape index (κ1) is 21.6. The molecule has 2 aromatic heterocycles. The molecule has 3 fully saturated rings. The Morgan fingerprint density at radius 3 is 2.73 bits per heavy atom. The van der Waals surface area contributed by atoms with Crippen LogP contribution in [0.25, 0.3) is 11.3 Å². The van der Waals surface area contributed by atoms with Gasteiger partial charge >= 0.3 is 6.09 Å². The van der Waals surface area contributed by atoms with Crippen LogP contribution in [0.4, 0.5) is 10.6 Å². The lowest BCUT2D eigenvalue weighted by molar-refractivity contribution is -0.00294. The van der Waals surface area contributed by atoms with Gasteiger partial charge in [0.15, 0.2) is 5.69 Å². The first-order valence-electron chi connectivity index (χ1n) is 11.7. The van der Waals surface area contributed by atoms with Crippen molar-refractivity contribution >= 4 is 11.9 Å². The summed E-state index contributed by atoms with van der Waals surface area (Å²) in [4.78, 5) is 32.0. The topological polar surface area (TPSA) is 98.5 Å². The zero-order valence-electron chi connectivity index (χ0n) is 19.0. The first-order valence-corrected chi connectivity index (χ1v) is 11.7. The van der Waals surface area contributed by atoms with Gasteiger partial charge in [0.2, 0.25) is 0 Å². The number of pyridine rings is 1. The van der Waals surface area contributed by atoms with Gasteiger partial charge in [-0.3, -0.25) is 9.88 Å². The van der Waals surface area contributed by atoms with E-state index >= 15 is 0 Å². The van der Waals surface area contributed by atoms with Crippen LogP contribution in [0.1, 0.15) is 31.9 Å². The third-order valence-electron chi connectivity index (χ3n) is 7.21. The molecule has 2 aliphatic heterocycles. The predicted molar refractivity (Wildman–Crippen MR) is 122 cm³/mol. The second-order valence-electron chi connectivity index (χ2n) is 9.25. The fourth-order valence-electron chi connectivity index (χ4n) is 5.56. The third kappa shape index (κ3) is 4.23. The summed E-state index contributed by atoms with van der Waals surface area (Å²) in [5.41, 5.74) is 2.27. The number of amides is 1. The summed E-state index contributed by atoms with van der Waals surface area (Å²) in [5, 5.41) is 8.98. The van der Waals surface area contributed by atoms with E-state index in [1.807, 2.05) is 36.2 Å². The summed E-state index contributed by atoms with van der Waals surface area (Å²) in [6, 6.07) is 6.52. The molecule has 1 aliphatic carbocycles. The summed E-state index contributed by atoms with van der Waals surface area (Å²) < 4.78 is 5.14. The Kier molecular flexibility index (Phi) is 5.85. The van der Waals surface area contributed by atoms with Crippen molar-refractivity contribution in [3.05, 3.63) is 36.4 Å². The van der Waals surface area contributed by atoms with Crippen LogP contribution in [0.3, 0.4) is 0 Å². The van der Waals surface area contributed by atoms with E-state index in [9.17, 15) is 4.79 Å². The Morgan fingerprint density at radius 1 is 1.21 bits per heavy atom. The molecule has 1 atom stereocenters. The Morgan fingerprint density at radius 2 is 2.03 bits per heavy atom. The van der Waals surface area contributed by atoms with Crippen LogP contribution in [-0.2, 0) is 4.74 Å². The lowest BCUT2D eigenvalue weighted by atomic mass is 9.78. The highest BCUT2D eigenvalue weighted by molar-refractivity contribution is 5.73. The zero-order chi connectivity index (χ0) is 22.8. The van der Waals surface area contributed by atoms with Crippen LogP contribution in [0.5, 0.6) is 0 Å². The number of aromatic nitrogens is 3. The maximum atomic E-state index is 11.9. The van der Waals surface area contributed by atoms with Crippen LogP contribution >= 0.6 is 0 Å². The molecule has 1 amide bonds. The van der Waals surface area contributed by atoms with E-state index in [0.717, 1.165) is 56.3 Å². The van der Waals surface area contributed by atoms with Gasteiger partial charge in [0.1, 0.15) is 11.9 Å². The number of hydrogen-bond acceptors (Lipinski definition) is 8. The highest BCUT2D eigenvalue weighted by Gasteiger charge is 2.51. The van der Waals surface area contributed by atoms with Gasteiger partial charge in [0.25, 0.3) is 0 Å². The van der Waals surface area contributed by atoms with Gasteiger partial charge in [-0.2, -0.15) is 5.26 Å². The van der Waals surface area contributed by atoms with Crippen LogP contribution in [0.15, 0.2) is 30.7 Å². The fraction of sp³-hybridized carbons (Fsp3) is 0.542. The molecule has 5 rings (SSSR count). The van der Waals surface area contributed by atoms with E-state index in [0.29, 0.717) is 18.3 Å². The number of ether oxygens (including phenoxy) is 1. The van der Waals surface area contributed by atoms with Crippen molar-refractivity contribution in [3.8, 4) is 17.3 Å². The lowest BCUT2D eigenvalue weighted by Gasteiger charge is -2.48. The largest absolute Gasteiger partial charge is 0.450 e. The maximum Gasteiger partial charge on any atom is 0.409 e. The van der Waals surface area contributed by atoms with Gasteiger partial charge in [-0.05, 0) is 38.3 Å². The Labute approximate surface area is 194 Å². The molecule has 9 nitrogen and oxygen atoms in total. The second kappa shape index (κ2) is 8.94. The van der Waals surface area contributed by atoms with Crippen LogP contribution in [0.2, 0.25) is 0 Å². The number of piperazine rings is 1. The van der Waals surface area contributed by atoms with Gasteiger partial charge in [0, 0.05) is 62.5 Å². The van der Waals surface area contributed by atoms with Crippen LogP contribution in [0, 0.1) is 16.7 Å². The molecular weight excluding hydrogens is 418 g/mol. The first-order chi connectivity index (χ1) is 16.1. The van der Waals surface area contributed by atoms with Crippen molar-refractivity contribution in [1.82, 2.24) is 24.8 Å². The monoisotopic (exact) mass is 447 g/mol. The molecule has 1 unspecified atom stereocenters. The van der Waals surface area contributed by atoms with Gasteiger partial charge in [-0.15, -0.1) is 0 Å². The fourth-order valence-corrected chi connectivity index (χ4v) is 5.56. The molecule has 0 bridgehead atoms. The highest BCUT2D eigenvalue weighted by atomic mass is 16.6. The number of hydrogen-bond donors (Lipinski definition) is 0. The summed E-state index contributed by atoms with van der Waals surface area (Å²) in [6.45, 7) is 7.78. The smallest absolute Gasteiger partial charge is 0.409 e. The van der Waals surface area contributed by atoms with E-state index in [1.165, 1.54) is 25.5 Å². The second-order valence-corrected chi connectivity index (χ2v) is 9.25. The molecule has 2 aromatic rings. The molecule has 4 heterocycles. The van der Waals surface area contributed by atoms with E-state index in [1.54, 1.807) is 6.20 Å². The highest BCUT2D eigenvalue weighted by Crippen LogP contribution is 2.47. The van der Waals surface area contributed by atoms with Crippen LogP contribution in [-0.4, -0.2) is 82.8 Å². The van der Waals surface area contributed by atoms with E-state index < -0.39 is 0 Å². The lowest BCUT2D eigenvalue weighted by Crippen LogP contribution is -2.58. The minimum atomic E-state index is -0.168. The van der Waals surface area contributed by atoms with Crippen molar-refractivity contribution in [2.24, 2.45) is 5.41 Å². The molecule has 9 heteroatoms. The number of carbonyl (C=O) groups is 1. The number of nitriles is 1.